The molecule has 3 heterocycles. The van der Waals surface area contributed by atoms with Crippen LogP contribution in [0.2, 0.25) is 0 Å². The van der Waals surface area contributed by atoms with Gasteiger partial charge in [-0.05, 0) is 60.7 Å². The second-order valence-corrected chi connectivity index (χ2v) is 9.72. The minimum absolute atomic E-state index is 0.913. The molecule has 0 fully saturated rings. The van der Waals surface area contributed by atoms with Gasteiger partial charge in [-0.2, -0.15) is 0 Å². The fraction of sp³-hybridized carbons (Fsp3) is 0. The first-order valence-electron chi connectivity index (χ1n) is 11.4. The Morgan fingerprint density at radius 2 is 1.18 bits per heavy atom. The highest BCUT2D eigenvalue weighted by Crippen LogP contribution is 2.61. The van der Waals surface area contributed by atoms with Crippen LogP contribution >= 0.6 is 11.8 Å². The Morgan fingerprint density at radius 3 is 2.09 bits per heavy atom. The summed E-state index contributed by atoms with van der Waals surface area (Å²) in [5, 5.41) is 2.28. The molecule has 0 spiro atoms. The summed E-state index contributed by atoms with van der Waals surface area (Å²) in [7, 11) is 0. The highest BCUT2D eigenvalue weighted by molar-refractivity contribution is 7.99. The smallest absolute Gasteiger partial charge is 0.135 e. The monoisotopic (exact) mass is 454 g/mol. The lowest BCUT2D eigenvalue weighted by atomic mass is 10.0. The molecule has 0 saturated heterocycles. The van der Waals surface area contributed by atoms with Gasteiger partial charge in [-0.3, -0.25) is 0 Å². The quantitative estimate of drug-likeness (QED) is 0.246. The van der Waals surface area contributed by atoms with E-state index in [1.165, 1.54) is 38.2 Å². The van der Waals surface area contributed by atoms with Gasteiger partial charge in [-0.15, -0.1) is 0 Å². The maximum absolute atomic E-state index is 6.11. The summed E-state index contributed by atoms with van der Waals surface area (Å²) in [6.45, 7) is 0. The molecule has 0 bridgehead atoms. The van der Waals surface area contributed by atoms with Crippen LogP contribution in [0.15, 0.2) is 123 Å². The highest BCUT2D eigenvalue weighted by Gasteiger charge is 2.35. The van der Waals surface area contributed by atoms with Crippen LogP contribution in [0, 0.1) is 0 Å². The van der Waals surface area contributed by atoms with Gasteiger partial charge in [0.05, 0.1) is 28.4 Å². The minimum Gasteiger partial charge on any atom is -0.456 e. The Kier molecular flexibility index (Phi) is 3.60. The van der Waals surface area contributed by atoms with Gasteiger partial charge in [0.2, 0.25) is 0 Å². The van der Waals surface area contributed by atoms with Crippen molar-refractivity contribution >= 4 is 67.8 Å². The lowest BCUT2D eigenvalue weighted by Crippen LogP contribution is -2.26. The maximum Gasteiger partial charge on any atom is 0.135 e. The molecule has 5 aromatic carbocycles. The zero-order valence-electron chi connectivity index (χ0n) is 18.1. The van der Waals surface area contributed by atoms with Crippen molar-refractivity contribution in [3.63, 3.8) is 0 Å². The second-order valence-electron chi connectivity index (χ2n) is 8.63. The number of para-hydroxylation sites is 5. The van der Waals surface area contributed by atoms with E-state index in [1.54, 1.807) is 0 Å². The summed E-state index contributed by atoms with van der Waals surface area (Å²) >= 11 is 1.84. The maximum atomic E-state index is 6.11. The van der Waals surface area contributed by atoms with E-state index in [-0.39, 0.29) is 0 Å². The van der Waals surface area contributed by atoms with Crippen LogP contribution in [0.4, 0.5) is 34.1 Å². The molecule has 0 unspecified atom stereocenters. The first kappa shape index (κ1) is 18.3. The van der Waals surface area contributed by atoms with Gasteiger partial charge in [0.1, 0.15) is 11.2 Å². The molecule has 6 aromatic rings. The summed E-state index contributed by atoms with van der Waals surface area (Å²) in [6, 6.07) is 38.8. The van der Waals surface area contributed by atoms with Crippen LogP contribution in [0.1, 0.15) is 0 Å². The molecule has 2 aliphatic heterocycles. The molecule has 160 valence electrons. The number of anilines is 6. The third-order valence-electron chi connectivity index (χ3n) is 6.75. The molecule has 0 saturated carbocycles. The number of furan rings is 1. The topological polar surface area (TPSA) is 19.6 Å². The van der Waals surface area contributed by atoms with Gasteiger partial charge in [0.25, 0.3) is 0 Å². The zero-order chi connectivity index (χ0) is 22.2. The molecule has 4 heteroatoms. The molecule has 0 radical (unpaired) electrons. The van der Waals surface area contributed by atoms with Crippen molar-refractivity contribution in [2.75, 3.05) is 9.80 Å². The number of fused-ring (bicyclic) bond motifs is 7. The Hall–Kier alpha value is -4.15. The van der Waals surface area contributed by atoms with Crippen LogP contribution < -0.4 is 9.80 Å². The fourth-order valence-electron chi connectivity index (χ4n) is 5.32. The van der Waals surface area contributed by atoms with E-state index in [0.29, 0.717) is 0 Å². The van der Waals surface area contributed by atoms with Crippen molar-refractivity contribution in [2.24, 2.45) is 0 Å². The van der Waals surface area contributed by atoms with Crippen LogP contribution in [0.25, 0.3) is 21.9 Å². The van der Waals surface area contributed by atoms with Crippen molar-refractivity contribution in [3.05, 3.63) is 109 Å². The standard InChI is InChI=1S/C30H18N2OS/c1-5-13-26-20(8-1)21-18-19(16-17-27(21)33-26)31-22-9-2-3-10-23(22)32-24-11-4-6-14-28(24)34-29-15-7-12-25(31)30(29)32/h1-18H. The largest absolute Gasteiger partial charge is 0.456 e. The summed E-state index contributed by atoms with van der Waals surface area (Å²) < 4.78 is 6.11. The van der Waals surface area contributed by atoms with Crippen molar-refractivity contribution in [3.8, 4) is 0 Å². The second kappa shape index (κ2) is 6.69. The van der Waals surface area contributed by atoms with Gasteiger partial charge < -0.3 is 14.2 Å². The lowest BCUT2D eigenvalue weighted by Gasteiger charge is -2.43. The van der Waals surface area contributed by atoms with Crippen molar-refractivity contribution < 1.29 is 4.42 Å². The van der Waals surface area contributed by atoms with E-state index in [4.69, 9.17) is 4.42 Å². The average molecular weight is 455 g/mol. The van der Waals surface area contributed by atoms with E-state index < -0.39 is 0 Å². The summed E-state index contributed by atoms with van der Waals surface area (Å²) in [6.07, 6.45) is 0. The predicted molar refractivity (Wildman–Crippen MR) is 141 cm³/mol. The molecule has 0 amide bonds. The van der Waals surface area contributed by atoms with E-state index >= 15 is 0 Å². The van der Waals surface area contributed by atoms with Crippen molar-refractivity contribution in [1.82, 2.24) is 0 Å². The van der Waals surface area contributed by atoms with E-state index in [0.717, 1.165) is 27.6 Å². The summed E-state index contributed by atoms with van der Waals surface area (Å²) in [5.74, 6) is 0. The van der Waals surface area contributed by atoms with Gasteiger partial charge in [-0.25, -0.2) is 0 Å². The Labute approximate surface area is 200 Å². The molecule has 0 atom stereocenters. The molecule has 0 N–H and O–H groups in total. The van der Waals surface area contributed by atoms with E-state index in [9.17, 15) is 0 Å². The first-order chi connectivity index (χ1) is 16.9. The van der Waals surface area contributed by atoms with E-state index in [2.05, 4.69) is 107 Å². The third kappa shape index (κ3) is 2.38. The highest BCUT2D eigenvalue weighted by atomic mass is 32.2. The van der Waals surface area contributed by atoms with Gasteiger partial charge in [0.15, 0.2) is 0 Å². The normalized spacial score (nSPS) is 13.6. The van der Waals surface area contributed by atoms with Crippen LogP contribution in [0.3, 0.4) is 0 Å². The lowest BCUT2D eigenvalue weighted by molar-refractivity contribution is 0.669. The molecule has 8 rings (SSSR count). The first-order valence-corrected chi connectivity index (χ1v) is 12.2. The Morgan fingerprint density at radius 1 is 0.500 bits per heavy atom. The molecule has 34 heavy (non-hydrogen) atoms. The number of hydrogen-bond acceptors (Lipinski definition) is 4. The molecular weight excluding hydrogens is 436 g/mol. The summed E-state index contributed by atoms with van der Waals surface area (Å²) in [4.78, 5) is 7.36. The number of nitrogens with zero attached hydrogens (tertiary/aromatic N) is 2. The van der Waals surface area contributed by atoms with E-state index in [1.807, 2.05) is 23.9 Å². The molecule has 1 aromatic heterocycles. The predicted octanol–water partition coefficient (Wildman–Crippen LogP) is 9.30. The Balaban J connectivity index is 1.42. The SMILES string of the molecule is c1ccc2c(c1)Sc1cccc3c1N2c1ccccc1N3c1ccc2oc3ccccc3c2c1. The molecule has 2 aliphatic rings. The minimum atomic E-state index is 0.913. The van der Waals surface area contributed by atoms with Crippen LogP contribution in [-0.2, 0) is 0 Å². The van der Waals surface area contributed by atoms with Crippen LogP contribution in [-0.4, -0.2) is 0 Å². The summed E-state index contributed by atoms with van der Waals surface area (Å²) in [5.41, 5.74) is 8.97. The fourth-order valence-corrected chi connectivity index (χ4v) is 6.41. The molecule has 3 nitrogen and oxygen atoms in total. The average Bonchev–Trinajstić information content (AvgIpc) is 3.26. The number of hydrogen-bond donors (Lipinski definition) is 0. The Bertz CT molecular complexity index is 1770. The van der Waals surface area contributed by atoms with Gasteiger partial charge in [0, 0.05) is 26.3 Å². The third-order valence-corrected chi connectivity index (χ3v) is 7.86. The molecule has 0 aliphatic carbocycles. The van der Waals surface area contributed by atoms with Crippen molar-refractivity contribution in [2.45, 2.75) is 9.79 Å². The van der Waals surface area contributed by atoms with Crippen molar-refractivity contribution in [1.29, 1.82) is 0 Å². The van der Waals surface area contributed by atoms with Crippen LogP contribution in [0.5, 0.6) is 0 Å². The number of benzene rings is 5. The zero-order valence-corrected chi connectivity index (χ0v) is 18.9. The molecular formula is C30H18N2OS. The van der Waals surface area contributed by atoms with Gasteiger partial charge in [-0.1, -0.05) is 60.3 Å². The number of rotatable bonds is 1. The van der Waals surface area contributed by atoms with Gasteiger partial charge >= 0.3 is 0 Å².